The van der Waals surface area contributed by atoms with E-state index in [9.17, 15) is 29.7 Å². The first-order valence-electron chi connectivity index (χ1n) is 8.48. The fraction of sp³-hybridized carbons (Fsp3) is 0.824. The molecule has 0 aromatic carbocycles. The molecule has 7 nitrogen and oxygen atoms in total. The summed E-state index contributed by atoms with van der Waals surface area (Å²) in [5.74, 6) is -1.39. The molecular weight excluding hydrogens is 380 g/mol. The van der Waals surface area contributed by atoms with E-state index in [4.69, 9.17) is 4.74 Å². The zero-order chi connectivity index (χ0) is 20.3. The monoisotopic (exact) mass is 408 g/mol. The van der Waals surface area contributed by atoms with Crippen molar-refractivity contribution in [2.45, 2.75) is 68.5 Å². The van der Waals surface area contributed by atoms with E-state index in [0.29, 0.717) is 0 Å². The van der Waals surface area contributed by atoms with Gasteiger partial charge in [-0.15, -0.1) is 23.5 Å². The predicted octanol–water partition coefficient (Wildman–Crippen LogP) is 0.568. The van der Waals surface area contributed by atoms with Gasteiger partial charge in [0.25, 0.3) is 0 Å². The first-order valence-corrected chi connectivity index (χ1v) is 10.6. The van der Waals surface area contributed by atoms with Crippen molar-refractivity contribution >= 4 is 40.9 Å². The number of ether oxygens (including phenoxy) is 1. The average Bonchev–Trinajstić information content (AvgIpc) is 2.55. The van der Waals surface area contributed by atoms with Gasteiger partial charge in [-0.1, -0.05) is 13.8 Å². The van der Waals surface area contributed by atoms with Crippen molar-refractivity contribution < 1.29 is 34.4 Å². The number of carbonyl (C=O) groups excluding carboxylic acids is 3. The third-order valence-electron chi connectivity index (χ3n) is 4.85. The summed E-state index contributed by atoms with van der Waals surface area (Å²) in [6, 6.07) is 0. The van der Waals surface area contributed by atoms with E-state index in [1.54, 1.807) is 23.5 Å². The maximum absolute atomic E-state index is 12.4. The van der Waals surface area contributed by atoms with Crippen LogP contribution in [0.4, 0.5) is 0 Å². The molecular formula is C17H28O7S2. The van der Waals surface area contributed by atoms with Gasteiger partial charge in [-0.3, -0.25) is 14.4 Å². The smallest absolute Gasteiger partial charge is 0.199 e. The Kier molecular flexibility index (Phi) is 7.90. The molecule has 1 aliphatic rings. The quantitative estimate of drug-likeness (QED) is 0.470. The highest BCUT2D eigenvalue weighted by Crippen LogP contribution is 2.46. The molecule has 0 aromatic rings. The number of Topliss-reactive ketones (excluding diaryl/α,β-unsaturated/α-hetero) is 3. The second-order valence-corrected chi connectivity index (χ2v) is 9.64. The van der Waals surface area contributed by atoms with E-state index in [1.807, 2.05) is 13.8 Å². The second kappa shape index (κ2) is 8.70. The molecule has 4 atom stereocenters. The van der Waals surface area contributed by atoms with Crippen molar-refractivity contribution in [3.63, 3.8) is 0 Å². The molecule has 150 valence electrons. The van der Waals surface area contributed by atoms with E-state index < -0.39 is 46.9 Å². The van der Waals surface area contributed by atoms with Gasteiger partial charge in [-0.2, -0.15) is 0 Å². The molecule has 1 rings (SSSR count). The Morgan fingerprint density at radius 1 is 1.00 bits per heavy atom. The van der Waals surface area contributed by atoms with Crippen LogP contribution in [0.15, 0.2) is 0 Å². The Morgan fingerprint density at radius 2 is 1.50 bits per heavy atom. The lowest BCUT2D eigenvalue weighted by molar-refractivity contribution is -0.295. The third kappa shape index (κ3) is 3.62. The maximum atomic E-state index is 12.4. The number of hydrogen-bond acceptors (Lipinski definition) is 9. The highest BCUT2D eigenvalue weighted by Gasteiger charge is 2.74. The molecule has 0 spiro atoms. The van der Waals surface area contributed by atoms with E-state index in [0.717, 1.165) is 32.3 Å². The van der Waals surface area contributed by atoms with E-state index >= 15 is 0 Å². The van der Waals surface area contributed by atoms with Crippen LogP contribution < -0.4 is 0 Å². The van der Waals surface area contributed by atoms with Gasteiger partial charge in [0.2, 0.25) is 0 Å². The summed E-state index contributed by atoms with van der Waals surface area (Å²) < 4.78 is 5.47. The second-order valence-electron chi connectivity index (χ2n) is 6.38. The van der Waals surface area contributed by atoms with Gasteiger partial charge in [0, 0.05) is 0 Å². The van der Waals surface area contributed by atoms with Crippen molar-refractivity contribution in [3.05, 3.63) is 0 Å². The summed E-state index contributed by atoms with van der Waals surface area (Å²) in [6.45, 7) is 6.16. The lowest BCUT2D eigenvalue weighted by Crippen LogP contribution is -2.83. The largest absolute Gasteiger partial charge is 0.376 e. The first-order chi connectivity index (χ1) is 11.9. The number of ketones is 3. The molecule has 0 amide bonds. The normalized spacial score (nSPS) is 34.7. The standard InChI is InChI=1S/C17H28O7S2/c1-6-25-14(26-7-2)8-13-16(22,11(4)19)17(23,12(5)20)15(21,9-24-13)10(3)18/h13-14,21-23H,6-9H2,1-5H3/t13-,15-,16+,17-/m0/s1. The summed E-state index contributed by atoms with van der Waals surface area (Å²) >= 11 is 3.17. The van der Waals surface area contributed by atoms with E-state index in [1.165, 1.54) is 0 Å². The minimum atomic E-state index is -2.99. The summed E-state index contributed by atoms with van der Waals surface area (Å²) in [4.78, 5) is 36.7. The van der Waals surface area contributed by atoms with Crippen molar-refractivity contribution in [3.8, 4) is 0 Å². The minimum Gasteiger partial charge on any atom is -0.376 e. The predicted molar refractivity (Wildman–Crippen MR) is 101 cm³/mol. The van der Waals surface area contributed by atoms with Gasteiger partial charge in [0.15, 0.2) is 34.2 Å². The number of hydrogen-bond donors (Lipinski definition) is 3. The highest BCUT2D eigenvalue weighted by atomic mass is 32.2. The van der Waals surface area contributed by atoms with Crippen molar-refractivity contribution in [1.82, 2.24) is 0 Å². The molecule has 0 saturated carbocycles. The van der Waals surface area contributed by atoms with Crippen molar-refractivity contribution in [2.24, 2.45) is 0 Å². The zero-order valence-corrected chi connectivity index (χ0v) is 17.4. The summed E-state index contributed by atoms with van der Waals surface area (Å²) in [5.41, 5.74) is -8.43. The van der Waals surface area contributed by atoms with Gasteiger partial charge in [0.05, 0.1) is 17.3 Å². The van der Waals surface area contributed by atoms with Gasteiger partial charge in [0.1, 0.15) is 0 Å². The molecule has 1 heterocycles. The number of aliphatic hydroxyl groups is 3. The van der Waals surface area contributed by atoms with Crippen LogP contribution in [0.2, 0.25) is 0 Å². The Labute approximate surface area is 162 Å². The molecule has 9 heteroatoms. The van der Waals surface area contributed by atoms with Crippen LogP contribution in [0.25, 0.3) is 0 Å². The molecule has 0 bridgehead atoms. The lowest BCUT2D eigenvalue weighted by Gasteiger charge is -2.55. The van der Waals surface area contributed by atoms with Gasteiger partial charge in [-0.25, -0.2) is 0 Å². The van der Waals surface area contributed by atoms with Crippen molar-refractivity contribution in [1.29, 1.82) is 0 Å². The van der Waals surface area contributed by atoms with Gasteiger partial charge < -0.3 is 20.1 Å². The number of thioether (sulfide) groups is 2. The lowest BCUT2D eigenvalue weighted by atomic mass is 9.61. The minimum absolute atomic E-state index is 0.0550. The topological polar surface area (TPSA) is 121 Å². The van der Waals surface area contributed by atoms with E-state index in [-0.39, 0.29) is 11.0 Å². The molecule has 26 heavy (non-hydrogen) atoms. The molecule has 1 saturated heterocycles. The summed E-state index contributed by atoms with van der Waals surface area (Å²) in [6.07, 6.45) is -1.08. The van der Waals surface area contributed by atoms with E-state index in [2.05, 4.69) is 0 Å². The first kappa shape index (κ1) is 23.6. The van der Waals surface area contributed by atoms with Gasteiger partial charge in [-0.05, 0) is 38.7 Å². The van der Waals surface area contributed by atoms with Crippen molar-refractivity contribution in [2.75, 3.05) is 18.1 Å². The molecule has 3 N–H and O–H groups in total. The SMILES string of the molecule is CCSC(C[C@@H]1OC[C@](O)(C(C)=O)[C@@](O)(C(C)=O)[C@@]1(O)C(C)=O)SCC. The van der Waals surface area contributed by atoms with Crippen LogP contribution >= 0.6 is 23.5 Å². The Bertz CT molecular complexity index is 563. The Balaban J connectivity index is 3.47. The summed E-state index contributed by atoms with van der Waals surface area (Å²) in [5, 5.41) is 33.0. The maximum Gasteiger partial charge on any atom is 0.199 e. The van der Waals surface area contributed by atoms with Crippen LogP contribution in [-0.4, -0.2) is 78.3 Å². The van der Waals surface area contributed by atoms with Crippen LogP contribution in [0, 0.1) is 0 Å². The molecule has 0 aliphatic carbocycles. The van der Waals surface area contributed by atoms with Crippen LogP contribution in [-0.2, 0) is 19.1 Å². The van der Waals surface area contributed by atoms with Crippen LogP contribution in [0.3, 0.4) is 0 Å². The zero-order valence-electron chi connectivity index (χ0n) is 15.8. The fourth-order valence-corrected chi connectivity index (χ4v) is 5.93. The Morgan fingerprint density at radius 3 is 1.85 bits per heavy atom. The molecule has 1 aliphatic heterocycles. The Hall–Kier alpha value is -0.450. The van der Waals surface area contributed by atoms with Crippen LogP contribution in [0.5, 0.6) is 0 Å². The van der Waals surface area contributed by atoms with Crippen LogP contribution in [0.1, 0.15) is 41.0 Å². The molecule has 0 radical (unpaired) electrons. The highest BCUT2D eigenvalue weighted by molar-refractivity contribution is 8.16. The molecule has 0 unspecified atom stereocenters. The average molecular weight is 409 g/mol. The fourth-order valence-electron chi connectivity index (χ4n) is 3.36. The molecule has 1 fully saturated rings. The summed E-state index contributed by atoms with van der Waals surface area (Å²) in [7, 11) is 0. The molecule has 0 aromatic heterocycles. The third-order valence-corrected chi connectivity index (χ3v) is 7.46. The van der Waals surface area contributed by atoms with Gasteiger partial charge >= 0.3 is 0 Å². The number of carbonyl (C=O) groups is 3. The number of rotatable bonds is 9.